The molecule has 128 valence electrons. The van der Waals surface area contributed by atoms with E-state index in [1.165, 1.54) is 0 Å². The molecule has 4 heteroatoms. The number of aryl methyl sites for hydroxylation is 2. The standard InChI is InChI=1S/C19H27FO3/c1-3-5-7-9-15-11-14(13-17(21)19(22)23)12-16(18(15)20)10-8-6-4-2/h11-12H,3-10,13H2,1-2H3,(H,22,23). The van der Waals surface area contributed by atoms with Crippen LogP contribution < -0.4 is 0 Å². The SMILES string of the molecule is CCCCCc1cc(CC(=O)C(=O)O)cc(CCCCC)c1F. The van der Waals surface area contributed by atoms with Crippen molar-refractivity contribution in [2.24, 2.45) is 0 Å². The van der Waals surface area contributed by atoms with E-state index >= 15 is 0 Å². The van der Waals surface area contributed by atoms with Crippen molar-refractivity contribution in [3.8, 4) is 0 Å². The van der Waals surface area contributed by atoms with Gasteiger partial charge in [0.15, 0.2) is 0 Å². The summed E-state index contributed by atoms with van der Waals surface area (Å²) in [5.74, 6) is -2.46. The molecule has 0 bridgehead atoms. The molecule has 3 nitrogen and oxygen atoms in total. The van der Waals surface area contributed by atoms with Crippen molar-refractivity contribution in [3.05, 3.63) is 34.6 Å². The van der Waals surface area contributed by atoms with Crippen LogP contribution >= 0.6 is 0 Å². The van der Waals surface area contributed by atoms with Gasteiger partial charge in [-0.3, -0.25) is 4.79 Å². The summed E-state index contributed by atoms with van der Waals surface area (Å²) < 4.78 is 14.6. The number of carbonyl (C=O) groups excluding carboxylic acids is 1. The molecular weight excluding hydrogens is 295 g/mol. The molecule has 0 atom stereocenters. The van der Waals surface area contributed by atoms with Crippen LogP contribution in [0.5, 0.6) is 0 Å². The van der Waals surface area contributed by atoms with Crippen molar-refractivity contribution >= 4 is 11.8 Å². The summed E-state index contributed by atoms with van der Waals surface area (Å²) in [4.78, 5) is 22.2. The molecule has 1 rings (SSSR count). The van der Waals surface area contributed by atoms with Crippen LogP contribution in [0.2, 0.25) is 0 Å². The van der Waals surface area contributed by atoms with Crippen LogP contribution in [-0.4, -0.2) is 16.9 Å². The second-order valence-corrected chi connectivity index (χ2v) is 6.05. The zero-order valence-electron chi connectivity index (χ0n) is 14.2. The summed E-state index contributed by atoms with van der Waals surface area (Å²) in [7, 11) is 0. The summed E-state index contributed by atoms with van der Waals surface area (Å²) in [6.45, 7) is 4.18. The molecule has 1 aromatic rings. The van der Waals surface area contributed by atoms with E-state index in [-0.39, 0.29) is 12.2 Å². The third kappa shape index (κ3) is 6.51. The van der Waals surface area contributed by atoms with E-state index < -0.39 is 11.8 Å². The van der Waals surface area contributed by atoms with Gasteiger partial charge in [0.2, 0.25) is 5.78 Å². The van der Waals surface area contributed by atoms with Crippen molar-refractivity contribution in [1.82, 2.24) is 0 Å². The van der Waals surface area contributed by atoms with Gasteiger partial charge in [-0.15, -0.1) is 0 Å². The highest BCUT2D eigenvalue weighted by Gasteiger charge is 2.16. The van der Waals surface area contributed by atoms with E-state index in [2.05, 4.69) is 13.8 Å². The van der Waals surface area contributed by atoms with E-state index in [0.717, 1.165) is 38.5 Å². The molecule has 0 aliphatic rings. The summed E-state index contributed by atoms with van der Waals surface area (Å²) in [5.41, 5.74) is 1.83. The number of rotatable bonds is 11. The van der Waals surface area contributed by atoms with E-state index in [4.69, 9.17) is 5.11 Å². The van der Waals surface area contributed by atoms with Gasteiger partial charge < -0.3 is 5.11 Å². The molecule has 0 spiro atoms. The Morgan fingerprint density at radius 3 is 1.83 bits per heavy atom. The number of aliphatic carboxylic acids is 1. The molecule has 0 fully saturated rings. The van der Waals surface area contributed by atoms with Crippen LogP contribution in [0, 0.1) is 5.82 Å². The van der Waals surface area contributed by atoms with Gasteiger partial charge in [0.05, 0.1) is 0 Å². The summed E-state index contributed by atoms with van der Waals surface area (Å²) in [6, 6.07) is 3.32. The number of hydrogen-bond acceptors (Lipinski definition) is 2. The fraction of sp³-hybridized carbons (Fsp3) is 0.579. The third-order valence-electron chi connectivity index (χ3n) is 3.99. The van der Waals surface area contributed by atoms with Crippen LogP contribution in [-0.2, 0) is 28.9 Å². The number of benzene rings is 1. The second kappa shape index (κ2) is 10.1. The van der Waals surface area contributed by atoms with Crippen molar-refractivity contribution in [1.29, 1.82) is 0 Å². The van der Waals surface area contributed by atoms with Gasteiger partial charge in [0, 0.05) is 6.42 Å². The Morgan fingerprint density at radius 2 is 1.43 bits per heavy atom. The quantitative estimate of drug-likeness (QED) is 0.482. The van der Waals surface area contributed by atoms with E-state index in [1.54, 1.807) is 12.1 Å². The van der Waals surface area contributed by atoms with Gasteiger partial charge in [-0.25, -0.2) is 9.18 Å². The minimum atomic E-state index is -1.44. The fourth-order valence-electron chi connectivity index (χ4n) is 2.68. The predicted molar refractivity (Wildman–Crippen MR) is 89.2 cm³/mol. The van der Waals surface area contributed by atoms with Crippen molar-refractivity contribution in [3.63, 3.8) is 0 Å². The minimum Gasteiger partial charge on any atom is -0.475 e. The summed E-state index contributed by atoms with van der Waals surface area (Å²) >= 11 is 0. The lowest BCUT2D eigenvalue weighted by Crippen LogP contribution is -2.15. The smallest absolute Gasteiger partial charge is 0.372 e. The van der Waals surface area contributed by atoms with Crippen LogP contribution in [0.15, 0.2) is 12.1 Å². The molecule has 0 radical (unpaired) electrons. The first-order chi connectivity index (χ1) is 11.0. The highest BCUT2D eigenvalue weighted by atomic mass is 19.1. The fourth-order valence-corrected chi connectivity index (χ4v) is 2.68. The average molecular weight is 322 g/mol. The lowest BCUT2D eigenvalue weighted by molar-refractivity contribution is -0.148. The topological polar surface area (TPSA) is 54.4 Å². The number of Topliss-reactive ketones (excluding diaryl/α,β-unsaturated/α-hetero) is 1. The van der Waals surface area contributed by atoms with Crippen molar-refractivity contribution in [2.45, 2.75) is 71.6 Å². The molecule has 0 saturated carbocycles. The number of hydrogen-bond donors (Lipinski definition) is 1. The Kier molecular flexibility index (Phi) is 8.52. The Labute approximate surface area is 137 Å². The lowest BCUT2D eigenvalue weighted by Gasteiger charge is -2.12. The Morgan fingerprint density at radius 1 is 0.957 bits per heavy atom. The van der Waals surface area contributed by atoms with E-state index in [0.29, 0.717) is 29.5 Å². The monoisotopic (exact) mass is 322 g/mol. The van der Waals surface area contributed by atoms with Gasteiger partial charge in [0.1, 0.15) is 5.82 Å². The number of unbranched alkanes of at least 4 members (excludes halogenated alkanes) is 4. The van der Waals surface area contributed by atoms with E-state index in [9.17, 15) is 14.0 Å². The van der Waals surface area contributed by atoms with Crippen LogP contribution in [0.1, 0.15) is 69.1 Å². The van der Waals surface area contributed by atoms with Gasteiger partial charge in [-0.05, 0) is 42.4 Å². The van der Waals surface area contributed by atoms with Gasteiger partial charge in [-0.1, -0.05) is 51.7 Å². The number of ketones is 1. The first kappa shape index (κ1) is 19.3. The number of halogens is 1. The first-order valence-corrected chi connectivity index (χ1v) is 8.55. The molecule has 0 unspecified atom stereocenters. The van der Waals surface area contributed by atoms with Gasteiger partial charge in [-0.2, -0.15) is 0 Å². The molecule has 0 amide bonds. The number of carboxylic acid groups (broad SMARTS) is 1. The average Bonchev–Trinajstić information content (AvgIpc) is 2.51. The molecule has 23 heavy (non-hydrogen) atoms. The molecule has 0 aliphatic carbocycles. The second-order valence-electron chi connectivity index (χ2n) is 6.05. The highest BCUT2D eigenvalue weighted by molar-refractivity contribution is 6.33. The molecule has 0 aromatic heterocycles. The predicted octanol–water partition coefficient (Wildman–Crippen LogP) is 4.49. The maximum Gasteiger partial charge on any atom is 0.372 e. The van der Waals surface area contributed by atoms with Gasteiger partial charge >= 0.3 is 5.97 Å². The van der Waals surface area contributed by atoms with Crippen LogP contribution in [0.4, 0.5) is 4.39 Å². The Hall–Kier alpha value is -1.71. The molecule has 1 N–H and O–H groups in total. The molecule has 0 heterocycles. The Bertz CT molecular complexity index is 506. The Balaban J connectivity index is 2.98. The summed E-state index contributed by atoms with van der Waals surface area (Å²) in [5, 5.41) is 8.76. The third-order valence-corrected chi connectivity index (χ3v) is 3.99. The zero-order valence-corrected chi connectivity index (χ0v) is 14.2. The van der Waals surface area contributed by atoms with Crippen molar-refractivity contribution < 1.29 is 19.1 Å². The van der Waals surface area contributed by atoms with Crippen LogP contribution in [0.3, 0.4) is 0 Å². The molecule has 1 aromatic carbocycles. The maximum atomic E-state index is 14.6. The van der Waals surface area contributed by atoms with Crippen molar-refractivity contribution in [2.75, 3.05) is 0 Å². The molecule has 0 aliphatic heterocycles. The lowest BCUT2D eigenvalue weighted by atomic mass is 9.95. The van der Waals surface area contributed by atoms with Gasteiger partial charge in [0.25, 0.3) is 0 Å². The maximum absolute atomic E-state index is 14.6. The molecule has 0 saturated heterocycles. The van der Waals surface area contributed by atoms with E-state index in [1.807, 2.05) is 0 Å². The zero-order chi connectivity index (χ0) is 17.2. The highest BCUT2D eigenvalue weighted by Crippen LogP contribution is 2.21. The van der Waals surface area contributed by atoms with Crippen LogP contribution in [0.25, 0.3) is 0 Å². The normalized spacial score (nSPS) is 10.7. The minimum absolute atomic E-state index is 0.169. The number of carboxylic acids is 1. The number of carbonyl (C=O) groups is 2. The first-order valence-electron chi connectivity index (χ1n) is 8.55. The largest absolute Gasteiger partial charge is 0.475 e. The molecular formula is C19H27FO3. The summed E-state index contributed by atoms with van der Waals surface area (Å²) in [6.07, 6.45) is 7.08.